The molecule has 0 radical (unpaired) electrons. The van der Waals surface area contributed by atoms with Gasteiger partial charge in [-0.1, -0.05) is 30.3 Å². The second-order valence-corrected chi connectivity index (χ2v) is 6.11. The summed E-state index contributed by atoms with van der Waals surface area (Å²) in [5.41, 5.74) is 1.02. The topological polar surface area (TPSA) is 46.6 Å². The van der Waals surface area contributed by atoms with Gasteiger partial charge in [-0.05, 0) is 18.1 Å². The van der Waals surface area contributed by atoms with Gasteiger partial charge in [0.1, 0.15) is 0 Å². The Balaban J connectivity index is 1.79. The third-order valence-electron chi connectivity index (χ3n) is 3.34. The minimum Gasteiger partial charge on any atom is -0.468 e. The monoisotopic (exact) mass is 305 g/mol. The second-order valence-electron chi connectivity index (χ2n) is 4.83. The summed E-state index contributed by atoms with van der Waals surface area (Å²) in [5.74, 6) is 0.164. The van der Waals surface area contributed by atoms with Crippen LogP contribution in [0, 0.1) is 0 Å². The van der Waals surface area contributed by atoms with Gasteiger partial charge in [-0.15, -0.1) is 11.8 Å². The number of ether oxygens (including phenoxy) is 1. The maximum atomic E-state index is 12.1. The van der Waals surface area contributed by atoms with Crippen LogP contribution in [0.15, 0.2) is 36.4 Å². The van der Waals surface area contributed by atoms with Gasteiger partial charge in [0.2, 0.25) is 5.91 Å². The van der Waals surface area contributed by atoms with Crippen LogP contribution in [0.5, 0.6) is 0 Å². The molecule has 1 atom stereocenters. The summed E-state index contributed by atoms with van der Waals surface area (Å²) >= 11 is 1.56. The molecule has 1 fully saturated rings. The number of rotatable bonds is 5. The van der Waals surface area contributed by atoms with Crippen LogP contribution in [-0.2, 0) is 14.3 Å². The lowest BCUT2D eigenvalue weighted by Crippen LogP contribution is -2.27. The number of methoxy groups -OCH3 is 1. The number of benzene rings is 1. The van der Waals surface area contributed by atoms with Gasteiger partial charge in [0, 0.05) is 24.4 Å². The SMILES string of the molecule is COC(=O)CS[C@@H]1CCN(C(=O)/C=C/c2ccccc2)C1. The van der Waals surface area contributed by atoms with Gasteiger partial charge in [-0.3, -0.25) is 9.59 Å². The Morgan fingerprint density at radius 1 is 1.38 bits per heavy atom. The van der Waals surface area contributed by atoms with E-state index >= 15 is 0 Å². The number of carbonyl (C=O) groups excluding carboxylic acids is 2. The quantitative estimate of drug-likeness (QED) is 0.618. The summed E-state index contributed by atoms with van der Waals surface area (Å²) in [6.07, 6.45) is 4.37. The average Bonchev–Trinajstić information content (AvgIpc) is 3.00. The summed E-state index contributed by atoms with van der Waals surface area (Å²) < 4.78 is 4.62. The van der Waals surface area contributed by atoms with E-state index < -0.39 is 0 Å². The summed E-state index contributed by atoms with van der Waals surface area (Å²) in [7, 11) is 1.39. The van der Waals surface area contributed by atoms with Crippen LogP contribution in [0.2, 0.25) is 0 Å². The van der Waals surface area contributed by atoms with Crippen LogP contribution in [0.4, 0.5) is 0 Å². The smallest absolute Gasteiger partial charge is 0.315 e. The number of hydrogen-bond acceptors (Lipinski definition) is 4. The minimum atomic E-state index is -0.214. The summed E-state index contributed by atoms with van der Waals surface area (Å²) in [4.78, 5) is 25.0. The van der Waals surface area contributed by atoms with Crippen molar-refractivity contribution in [3.8, 4) is 0 Å². The number of thioether (sulfide) groups is 1. The van der Waals surface area contributed by atoms with Crippen molar-refractivity contribution in [3.63, 3.8) is 0 Å². The third-order valence-corrected chi connectivity index (χ3v) is 4.60. The number of esters is 1. The van der Waals surface area contributed by atoms with E-state index in [0.717, 1.165) is 18.5 Å². The zero-order chi connectivity index (χ0) is 15.1. The van der Waals surface area contributed by atoms with E-state index in [0.29, 0.717) is 17.5 Å². The molecule has 1 heterocycles. The molecular weight excluding hydrogens is 286 g/mol. The van der Waals surface area contributed by atoms with Crippen molar-refractivity contribution in [2.45, 2.75) is 11.7 Å². The van der Waals surface area contributed by atoms with Crippen molar-refractivity contribution in [1.29, 1.82) is 0 Å². The Morgan fingerprint density at radius 2 is 2.14 bits per heavy atom. The predicted octanol–water partition coefficient (Wildman–Crippen LogP) is 2.21. The fourth-order valence-electron chi connectivity index (χ4n) is 2.15. The molecule has 0 spiro atoms. The first-order valence-electron chi connectivity index (χ1n) is 6.89. The van der Waals surface area contributed by atoms with Crippen LogP contribution >= 0.6 is 11.8 Å². The van der Waals surface area contributed by atoms with Crippen molar-refractivity contribution in [1.82, 2.24) is 4.90 Å². The zero-order valence-electron chi connectivity index (χ0n) is 12.0. The zero-order valence-corrected chi connectivity index (χ0v) is 12.8. The largest absolute Gasteiger partial charge is 0.468 e. The standard InChI is InChI=1S/C16H19NO3S/c1-20-16(19)12-21-14-9-10-17(11-14)15(18)8-7-13-5-3-2-4-6-13/h2-8,14H,9-12H2,1H3/b8-7+/t14-/m1/s1. The second kappa shape index (κ2) is 7.88. The highest BCUT2D eigenvalue weighted by Crippen LogP contribution is 2.23. The first kappa shape index (κ1) is 15.6. The van der Waals surface area contributed by atoms with Crippen LogP contribution in [-0.4, -0.2) is 48.0 Å². The van der Waals surface area contributed by atoms with Gasteiger partial charge in [-0.2, -0.15) is 0 Å². The lowest BCUT2D eigenvalue weighted by molar-refractivity contribution is -0.137. The van der Waals surface area contributed by atoms with Gasteiger partial charge < -0.3 is 9.64 Å². The average molecular weight is 305 g/mol. The highest BCUT2D eigenvalue weighted by Gasteiger charge is 2.25. The fourth-order valence-corrected chi connectivity index (χ4v) is 3.19. The minimum absolute atomic E-state index is 0.0278. The number of carbonyl (C=O) groups is 2. The fraction of sp³-hybridized carbons (Fsp3) is 0.375. The van der Waals surface area contributed by atoms with Gasteiger partial charge in [0.15, 0.2) is 0 Å². The lowest BCUT2D eigenvalue weighted by Gasteiger charge is -2.13. The molecule has 1 aromatic carbocycles. The first-order valence-corrected chi connectivity index (χ1v) is 7.94. The maximum absolute atomic E-state index is 12.1. The van der Waals surface area contributed by atoms with Crippen molar-refractivity contribution < 1.29 is 14.3 Å². The molecule has 1 aliphatic rings. The van der Waals surface area contributed by atoms with E-state index in [-0.39, 0.29) is 11.9 Å². The summed E-state index contributed by atoms with van der Waals surface area (Å²) in [6.45, 7) is 1.44. The normalized spacial score (nSPS) is 18.1. The van der Waals surface area contributed by atoms with Crippen LogP contribution in [0.1, 0.15) is 12.0 Å². The molecule has 4 nitrogen and oxygen atoms in total. The molecular formula is C16H19NO3S. The van der Waals surface area contributed by atoms with E-state index in [2.05, 4.69) is 4.74 Å². The van der Waals surface area contributed by atoms with Gasteiger partial charge in [0.25, 0.3) is 0 Å². The van der Waals surface area contributed by atoms with E-state index in [1.807, 2.05) is 41.3 Å². The highest BCUT2D eigenvalue weighted by molar-refractivity contribution is 8.00. The van der Waals surface area contributed by atoms with E-state index in [4.69, 9.17) is 0 Å². The molecule has 112 valence electrons. The van der Waals surface area contributed by atoms with E-state index in [1.54, 1.807) is 17.8 Å². The Kier molecular flexibility index (Phi) is 5.87. The molecule has 0 saturated carbocycles. The molecule has 0 unspecified atom stereocenters. The summed E-state index contributed by atoms with van der Waals surface area (Å²) in [6, 6.07) is 9.76. The molecule has 1 aromatic rings. The molecule has 2 rings (SSSR count). The van der Waals surface area contributed by atoms with Crippen molar-refractivity contribution >= 4 is 29.7 Å². The van der Waals surface area contributed by atoms with Crippen LogP contribution in [0.3, 0.4) is 0 Å². The highest BCUT2D eigenvalue weighted by atomic mass is 32.2. The molecule has 5 heteroatoms. The van der Waals surface area contributed by atoms with Crippen molar-refractivity contribution in [3.05, 3.63) is 42.0 Å². The number of likely N-dealkylation sites (tertiary alicyclic amines) is 1. The molecule has 1 aliphatic heterocycles. The molecule has 1 amide bonds. The summed E-state index contributed by atoms with van der Waals surface area (Å²) in [5, 5.41) is 0.318. The molecule has 0 aromatic heterocycles. The lowest BCUT2D eigenvalue weighted by atomic mass is 10.2. The number of hydrogen-bond donors (Lipinski definition) is 0. The van der Waals surface area contributed by atoms with Gasteiger partial charge in [-0.25, -0.2) is 0 Å². The molecule has 0 aliphatic carbocycles. The number of nitrogens with zero attached hydrogens (tertiary/aromatic N) is 1. The van der Waals surface area contributed by atoms with Gasteiger partial charge >= 0.3 is 5.97 Å². The van der Waals surface area contributed by atoms with Crippen LogP contribution in [0.25, 0.3) is 6.08 Å². The van der Waals surface area contributed by atoms with Crippen LogP contribution < -0.4 is 0 Å². The predicted molar refractivity (Wildman–Crippen MR) is 84.9 cm³/mol. The van der Waals surface area contributed by atoms with Gasteiger partial charge in [0.05, 0.1) is 12.9 Å². The van der Waals surface area contributed by atoms with Crippen molar-refractivity contribution in [2.75, 3.05) is 26.0 Å². The Bertz CT molecular complexity index is 516. The number of amides is 1. The molecule has 0 N–H and O–H groups in total. The molecule has 0 bridgehead atoms. The maximum Gasteiger partial charge on any atom is 0.315 e. The molecule has 21 heavy (non-hydrogen) atoms. The Morgan fingerprint density at radius 3 is 2.86 bits per heavy atom. The third kappa shape index (κ3) is 4.93. The Labute approximate surface area is 129 Å². The Hall–Kier alpha value is -1.75. The molecule has 1 saturated heterocycles. The van der Waals surface area contributed by atoms with Crippen molar-refractivity contribution in [2.24, 2.45) is 0 Å². The van der Waals surface area contributed by atoms with E-state index in [1.165, 1.54) is 7.11 Å². The van der Waals surface area contributed by atoms with E-state index in [9.17, 15) is 9.59 Å². The first-order chi connectivity index (χ1) is 10.2.